The van der Waals surface area contributed by atoms with Crippen LogP contribution in [0.3, 0.4) is 0 Å². The van der Waals surface area contributed by atoms with E-state index in [9.17, 15) is 26.4 Å². The van der Waals surface area contributed by atoms with Gasteiger partial charge >= 0.3 is 26.7 Å². The predicted octanol–water partition coefficient (Wildman–Crippen LogP) is -0.768. The normalized spacial score (nSPS) is 11.6. The summed E-state index contributed by atoms with van der Waals surface area (Å²) in [5.74, 6) is 0. The Morgan fingerprint density at radius 3 is 2.04 bits per heavy atom. The van der Waals surface area contributed by atoms with E-state index in [4.69, 9.17) is 13.0 Å². The molecule has 0 fully saturated rings. The Morgan fingerprint density at radius 1 is 1.04 bits per heavy atom. The highest BCUT2D eigenvalue weighted by Gasteiger charge is 2.36. The number of thiophene rings is 1. The molecule has 0 bridgehead atoms. The minimum absolute atomic E-state index is 0.201. The molecule has 1 aromatic heterocycles. The second-order valence-electron chi connectivity index (χ2n) is 4.25. The Morgan fingerprint density at radius 2 is 1.59 bits per heavy atom. The highest BCUT2D eigenvalue weighted by Crippen LogP contribution is 2.20. The Labute approximate surface area is 167 Å². The summed E-state index contributed by atoms with van der Waals surface area (Å²) in [7, 11) is -10.1. The number of hydrogen-bond donors (Lipinski definition) is 0. The van der Waals surface area contributed by atoms with Crippen molar-refractivity contribution < 1.29 is 60.6 Å². The molecule has 1 aromatic carbocycles. The van der Waals surface area contributed by atoms with Crippen molar-refractivity contribution in [2.75, 3.05) is 0 Å². The van der Waals surface area contributed by atoms with E-state index in [1.165, 1.54) is 6.07 Å². The number of halogens is 4. The fourth-order valence-corrected chi connectivity index (χ4v) is 5.06. The molecule has 0 aliphatic heterocycles. The van der Waals surface area contributed by atoms with Crippen molar-refractivity contribution in [2.45, 2.75) is 5.51 Å². The van der Waals surface area contributed by atoms with Gasteiger partial charge in [-0.2, -0.15) is 13.2 Å². The highest BCUT2D eigenvalue weighted by atomic mass is 127. The largest absolute Gasteiger partial charge is 0.741 e. The van der Waals surface area contributed by atoms with E-state index in [0.717, 1.165) is 14.9 Å². The minimum Gasteiger partial charge on any atom is -0.741 e. The molecule has 0 N–H and O–H groups in total. The van der Waals surface area contributed by atoms with Crippen LogP contribution in [0.15, 0.2) is 47.8 Å². The zero-order chi connectivity index (χ0) is 20.7. The molecule has 0 spiro atoms. The first-order valence-electron chi connectivity index (χ1n) is 6.40. The summed E-state index contributed by atoms with van der Waals surface area (Å²) >= 11 is 0.388. The van der Waals surface area contributed by atoms with Crippen LogP contribution in [0.2, 0.25) is 0 Å². The Bertz CT molecular complexity index is 1040. The van der Waals surface area contributed by atoms with Gasteiger partial charge < -0.3 is 4.55 Å². The second kappa shape index (κ2) is 9.64. The van der Waals surface area contributed by atoms with Crippen LogP contribution in [-0.4, -0.2) is 32.0 Å². The third kappa shape index (κ3) is 7.97. The monoisotopic (exact) mass is 552 g/mol. The summed E-state index contributed by atoms with van der Waals surface area (Å²) < 4.78 is 86.0. The molecule has 1 heterocycles. The molecule has 27 heavy (non-hydrogen) atoms. The van der Waals surface area contributed by atoms with E-state index >= 15 is 0 Å². The van der Waals surface area contributed by atoms with Crippen LogP contribution >= 0.6 is 11.3 Å². The van der Waals surface area contributed by atoms with Gasteiger partial charge in [0.1, 0.15) is 0 Å². The lowest BCUT2D eigenvalue weighted by Gasteiger charge is -2.08. The standard InChI is InChI=1S/C13H8IO3S2.CHF3O3S/c15-13(12-7-4-9-18-12)19(16,17)10-8-14-11-5-2-1-3-6-11;2-1(3,4)8(5,6)7/h1-7,9H;(H,5,6,7)/q+1;/p-1. The smallest absolute Gasteiger partial charge is 0.485 e. The summed E-state index contributed by atoms with van der Waals surface area (Å²) in [4.78, 5) is 11.9. The molecule has 0 saturated heterocycles. The third-order valence-electron chi connectivity index (χ3n) is 2.31. The number of benzene rings is 1. The van der Waals surface area contributed by atoms with Crippen LogP contribution in [0.1, 0.15) is 9.67 Å². The fourth-order valence-electron chi connectivity index (χ4n) is 1.18. The van der Waals surface area contributed by atoms with Crippen LogP contribution in [0.5, 0.6) is 0 Å². The molecule has 2 rings (SSSR count). The van der Waals surface area contributed by atoms with Crippen LogP contribution in [0.25, 0.3) is 0 Å². The van der Waals surface area contributed by atoms with E-state index in [2.05, 4.69) is 9.18 Å². The van der Waals surface area contributed by atoms with Crippen molar-refractivity contribution in [2.24, 2.45) is 0 Å². The van der Waals surface area contributed by atoms with Gasteiger partial charge in [-0.15, -0.1) is 11.3 Å². The van der Waals surface area contributed by atoms with Gasteiger partial charge in [-0.3, -0.25) is 4.79 Å². The van der Waals surface area contributed by atoms with Crippen molar-refractivity contribution in [3.63, 3.8) is 0 Å². The van der Waals surface area contributed by atoms with Gasteiger partial charge in [-0.1, -0.05) is 24.3 Å². The maximum atomic E-state index is 11.7. The molecule has 0 aliphatic rings. The topological polar surface area (TPSA) is 108 Å². The number of rotatable bonds is 2. The molecule has 0 radical (unpaired) electrons. The van der Waals surface area contributed by atoms with Gasteiger partial charge in [0.25, 0.3) is 15.0 Å². The first-order chi connectivity index (χ1) is 12.3. The molecule has 2 aromatic rings. The Kier molecular flexibility index (Phi) is 8.42. The highest BCUT2D eigenvalue weighted by molar-refractivity contribution is 8.10. The molecule has 13 heteroatoms. The van der Waals surface area contributed by atoms with E-state index in [0.29, 0.717) is 0 Å². The summed E-state index contributed by atoms with van der Waals surface area (Å²) in [6, 6.07) is 12.6. The molecule has 0 amide bonds. The van der Waals surface area contributed by atoms with E-state index < -0.39 is 51.8 Å². The van der Waals surface area contributed by atoms with Crippen molar-refractivity contribution in [3.8, 4) is 9.18 Å². The molecular formula is C14H8F3IO6S3. The lowest BCUT2D eigenvalue weighted by Crippen LogP contribution is -3.59. The van der Waals surface area contributed by atoms with Crippen molar-refractivity contribution in [1.29, 1.82) is 0 Å². The van der Waals surface area contributed by atoms with Crippen molar-refractivity contribution >= 4 is 36.4 Å². The lowest BCUT2D eigenvalue weighted by molar-refractivity contribution is -0.535. The van der Waals surface area contributed by atoms with E-state index in [1.807, 2.05) is 30.3 Å². The summed E-state index contributed by atoms with van der Waals surface area (Å²) in [6.45, 7) is 0. The molecule has 6 nitrogen and oxygen atoms in total. The molecule has 146 valence electrons. The lowest BCUT2D eigenvalue weighted by atomic mass is 10.4. The summed E-state index contributed by atoms with van der Waals surface area (Å²) in [5.41, 5.74) is -5.65. The summed E-state index contributed by atoms with van der Waals surface area (Å²) in [5, 5.41) is 2.87. The summed E-state index contributed by atoms with van der Waals surface area (Å²) in [6.07, 6.45) is 0. The minimum atomic E-state index is -6.09. The van der Waals surface area contributed by atoms with Crippen molar-refractivity contribution in [3.05, 3.63) is 56.3 Å². The SMILES string of the molecule is O=C(c1cccs1)S(=O)(=O)C#C[I+]c1ccccc1.O=S(=O)([O-])C(F)(F)F. The van der Waals surface area contributed by atoms with E-state index in [-0.39, 0.29) is 4.88 Å². The van der Waals surface area contributed by atoms with Crippen LogP contribution in [0, 0.1) is 12.7 Å². The zero-order valence-corrected chi connectivity index (χ0v) is 17.4. The first-order valence-corrected chi connectivity index (χ1v) is 12.3. The maximum Gasteiger partial charge on any atom is 0.485 e. The average molecular weight is 552 g/mol. The molecule has 0 unspecified atom stereocenters. The maximum absolute atomic E-state index is 11.7. The predicted molar refractivity (Wildman–Crippen MR) is 86.2 cm³/mol. The van der Waals surface area contributed by atoms with Gasteiger partial charge in [-0.05, 0) is 23.6 Å². The van der Waals surface area contributed by atoms with Gasteiger partial charge in [0.05, 0.1) is 10.1 Å². The Balaban J connectivity index is 0.000000387. The van der Waals surface area contributed by atoms with Gasteiger partial charge in [-0.25, -0.2) is 16.8 Å². The average Bonchev–Trinajstić information content (AvgIpc) is 3.08. The molecule has 0 saturated carbocycles. The zero-order valence-electron chi connectivity index (χ0n) is 12.8. The van der Waals surface area contributed by atoms with E-state index in [1.54, 1.807) is 11.4 Å². The van der Waals surface area contributed by atoms with Crippen LogP contribution in [0.4, 0.5) is 13.2 Å². The van der Waals surface area contributed by atoms with Gasteiger partial charge in [0.15, 0.2) is 10.1 Å². The number of carbonyl (C=O) groups excluding carboxylic acids is 1. The van der Waals surface area contributed by atoms with Gasteiger partial charge in [0, 0.05) is 0 Å². The Hall–Kier alpha value is -1.47. The first kappa shape index (κ1) is 23.6. The molecular weight excluding hydrogens is 544 g/mol. The number of alkyl halides is 3. The number of sulfone groups is 1. The van der Waals surface area contributed by atoms with Crippen LogP contribution in [-0.2, 0) is 20.0 Å². The quantitative estimate of drug-likeness (QED) is 0.210. The van der Waals surface area contributed by atoms with Gasteiger partial charge in [0.2, 0.25) is 7.50 Å². The molecule has 0 aliphatic carbocycles. The number of carbonyl (C=O) groups is 1. The fraction of sp³-hybridized carbons (Fsp3) is 0.0714. The van der Waals surface area contributed by atoms with Crippen molar-refractivity contribution in [1.82, 2.24) is 0 Å². The van der Waals surface area contributed by atoms with Crippen LogP contribution < -0.4 is 21.2 Å². The molecule has 0 atom stereocenters. The number of hydrogen-bond acceptors (Lipinski definition) is 7. The third-order valence-corrected chi connectivity index (χ3v) is 7.20. The second-order valence-corrected chi connectivity index (χ2v) is 10.5.